The summed E-state index contributed by atoms with van der Waals surface area (Å²) < 4.78 is 51.0. The van der Waals surface area contributed by atoms with Gasteiger partial charge in [0, 0.05) is 18.2 Å². The molecule has 0 aromatic heterocycles. The van der Waals surface area contributed by atoms with Gasteiger partial charge in [-0.25, -0.2) is 0 Å². The number of nitro groups is 1. The summed E-state index contributed by atoms with van der Waals surface area (Å²) in [6.45, 7) is 0.332. The van der Waals surface area contributed by atoms with E-state index < -0.39 is 29.1 Å². The maximum Gasteiger partial charge on any atom is 0.401 e. The Bertz CT molecular complexity index is 477. The van der Waals surface area contributed by atoms with E-state index in [2.05, 4.69) is 0 Å². The van der Waals surface area contributed by atoms with Gasteiger partial charge in [0.2, 0.25) is 5.82 Å². The van der Waals surface area contributed by atoms with Crippen molar-refractivity contribution >= 4 is 5.69 Å². The van der Waals surface area contributed by atoms with Crippen molar-refractivity contribution in [3.8, 4) is 0 Å². The molecule has 0 aliphatic carbocycles. The van der Waals surface area contributed by atoms with Crippen LogP contribution in [0.25, 0.3) is 0 Å². The highest BCUT2D eigenvalue weighted by atomic mass is 19.4. The van der Waals surface area contributed by atoms with Gasteiger partial charge in [0.15, 0.2) is 0 Å². The van der Waals surface area contributed by atoms with E-state index in [4.69, 9.17) is 0 Å². The zero-order valence-corrected chi connectivity index (χ0v) is 10.8. The van der Waals surface area contributed by atoms with Crippen molar-refractivity contribution in [2.45, 2.75) is 26.1 Å². The minimum absolute atomic E-state index is 0.114. The molecule has 0 aliphatic heterocycles. The van der Waals surface area contributed by atoms with Gasteiger partial charge in [-0.1, -0.05) is 19.1 Å². The number of hydrogen-bond acceptors (Lipinski definition) is 3. The standard InChI is InChI=1S/C12H14F4N2O2/c1-2-6-17(8-12(14,15)16)7-9-4-3-5-10(11(9)13)18(19)20/h3-5H,2,6-8H2,1H3. The average molecular weight is 294 g/mol. The van der Waals surface area contributed by atoms with Crippen LogP contribution >= 0.6 is 0 Å². The van der Waals surface area contributed by atoms with Crippen LogP contribution in [-0.2, 0) is 6.54 Å². The Morgan fingerprint density at radius 1 is 1.35 bits per heavy atom. The first-order chi connectivity index (χ1) is 9.24. The summed E-state index contributed by atoms with van der Waals surface area (Å²) in [7, 11) is 0. The molecule has 1 aromatic rings. The Morgan fingerprint density at radius 2 is 2.00 bits per heavy atom. The molecule has 0 unspecified atom stereocenters. The highest BCUT2D eigenvalue weighted by Gasteiger charge is 2.31. The normalized spacial score (nSPS) is 11.9. The van der Waals surface area contributed by atoms with Crippen LogP contribution < -0.4 is 0 Å². The van der Waals surface area contributed by atoms with Crippen molar-refractivity contribution in [3.05, 3.63) is 39.7 Å². The van der Waals surface area contributed by atoms with Crippen LogP contribution in [0.5, 0.6) is 0 Å². The number of nitrogens with zero attached hydrogens (tertiary/aromatic N) is 2. The number of hydrogen-bond donors (Lipinski definition) is 0. The topological polar surface area (TPSA) is 46.4 Å². The van der Waals surface area contributed by atoms with Gasteiger partial charge < -0.3 is 0 Å². The lowest BCUT2D eigenvalue weighted by atomic mass is 10.1. The van der Waals surface area contributed by atoms with Crippen LogP contribution in [0.3, 0.4) is 0 Å². The van der Waals surface area contributed by atoms with Crippen LogP contribution in [0, 0.1) is 15.9 Å². The molecule has 1 rings (SSSR count). The predicted molar refractivity (Wildman–Crippen MR) is 64.7 cm³/mol. The number of halogens is 4. The molecule has 20 heavy (non-hydrogen) atoms. The van der Waals surface area contributed by atoms with E-state index in [1.807, 2.05) is 0 Å². The first-order valence-corrected chi connectivity index (χ1v) is 5.95. The molecule has 0 atom stereocenters. The predicted octanol–water partition coefficient (Wildman–Crippen LogP) is 3.51. The lowest BCUT2D eigenvalue weighted by molar-refractivity contribution is -0.387. The molecule has 0 saturated carbocycles. The fourth-order valence-corrected chi connectivity index (χ4v) is 1.85. The van der Waals surface area contributed by atoms with Crippen molar-refractivity contribution < 1.29 is 22.5 Å². The van der Waals surface area contributed by atoms with Crippen molar-refractivity contribution in [1.82, 2.24) is 4.90 Å². The van der Waals surface area contributed by atoms with Gasteiger partial charge in [-0.2, -0.15) is 17.6 Å². The second kappa shape index (κ2) is 6.65. The zero-order valence-electron chi connectivity index (χ0n) is 10.8. The molecule has 0 radical (unpaired) electrons. The third-order valence-corrected chi connectivity index (χ3v) is 2.59. The largest absolute Gasteiger partial charge is 0.401 e. The minimum atomic E-state index is -4.40. The summed E-state index contributed by atoms with van der Waals surface area (Å²) in [5.41, 5.74) is -0.845. The second-order valence-corrected chi connectivity index (χ2v) is 4.33. The van der Waals surface area contributed by atoms with E-state index in [1.165, 1.54) is 12.1 Å². The molecule has 8 heteroatoms. The Morgan fingerprint density at radius 3 is 2.50 bits per heavy atom. The van der Waals surface area contributed by atoms with E-state index in [1.54, 1.807) is 6.92 Å². The zero-order chi connectivity index (χ0) is 15.3. The van der Waals surface area contributed by atoms with Crippen LogP contribution in [0.15, 0.2) is 18.2 Å². The molecule has 4 nitrogen and oxygen atoms in total. The maximum absolute atomic E-state index is 13.8. The summed E-state index contributed by atoms with van der Waals surface area (Å²) in [5.74, 6) is -1.08. The lowest BCUT2D eigenvalue weighted by Crippen LogP contribution is -2.34. The molecule has 0 saturated heterocycles. The summed E-state index contributed by atoms with van der Waals surface area (Å²) in [6, 6.07) is 3.49. The third-order valence-electron chi connectivity index (χ3n) is 2.59. The van der Waals surface area contributed by atoms with E-state index in [0.717, 1.165) is 11.0 Å². The number of nitro benzene ring substituents is 1. The maximum atomic E-state index is 13.8. The van der Waals surface area contributed by atoms with Gasteiger partial charge in [0.25, 0.3) is 0 Å². The third kappa shape index (κ3) is 4.76. The monoisotopic (exact) mass is 294 g/mol. The van der Waals surface area contributed by atoms with Crippen LogP contribution in [0.2, 0.25) is 0 Å². The summed E-state index contributed by atoms with van der Waals surface area (Å²) >= 11 is 0. The smallest absolute Gasteiger partial charge is 0.291 e. The van der Waals surface area contributed by atoms with Crippen molar-refractivity contribution in [2.24, 2.45) is 0 Å². The number of benzene rings is 1. The molecule has 0 bridgehead atoms. The summed E-state index contributed by atoms with van der Waals surface area (Å²) in [6.07, 6.45) is -3.93. The molecule has 0 spiro atoms. The summed E-state index contributed by atoms with van der Waals surface area (Å²) in [4.78, 5) is 10.7. The van der Waals surface area contributed by atoms with Crippen molar-refractivity contribution in [1.29, 1.82) is 0 Å². The Kier molecular flexibility index (Phi) is 5.43. The SMILES string of the molecule is CCCN(Cc1cccc([N+](=O)[O-])c1F)CC(F)(F)F. The van der Waals surface area contributed by atoms with Gasteiger partial charge in [-0.15, -0.1) is 0 Å². The summed E-state index contributed by atoms with van der Waals surface area (Å²) in [5, 5.41) is 10.6. The van der Waals surface area contributed by atoms with Crippen LogP contribution in [0.4, 0.5) is 23.2 Å². The molecule has 0 fully saturated rings. The fourth-order valence-electron chi connectivity index (χ4n) is 1.85. The van der Waals surface area contributed by atoms with E-state index in [9.17, 15) is 27.7 Å². The average Bonchev–Trinajstić information content (AvgIpc) is 2.29. The van der Waals surface area contributed by atoms with Crippen LogP contribution in [-0.4, -0.2) is 29.1 Å². The molecule has 1 aromatic carbocycles. The quantitative estimate of drug-likeness (QED) is 0.458. The van der Waals surface area contributed by atoms with E-state index >= 15 is 0 Å². The molecular formula is C12H14F4N2O2. The van der Waals surface area contributed by atoms with Gasteiger partial charge in [0.1, 0.15) is 0 Å². The second-order valence-electron chi connectivity index (χ2n) is 4.33. The molecule has 112 valence electrons. The Balaban J connectivity index is 2.94. The van der Waals surface area contributed by atoms with Gasteiger partial charge in [0.05, 0.1) is 11.5 Å². The molecule has 0 aliphatic rings. The van der Waals surface area contributed by atoms with Gasteiger partial charge in [-0.3, -0.25) is 15.0 Å². The Hall–Kier alpha value is -1.70. The molecule has 0 heterocycles. The highest BCUT2D eigenvalue weighted by molar-refractivity contribution is 5.36. The Labute approximate surface area is 113 Å². The van der Waals surface area contributed by atoms with E-state index in [0.29, 0.717) is 6.42 Å². The van der Waals surface area contributed by atoms with Crippen molar-refractivity contribution in [3.63, 3.8) is 0 Å². The molecule has 0 N–H and O–H groups in total. The minimum Gasteiger partial charge on any atom is -0.291 e. The van der Waals surface area contributed by atoms with Crippen molar-refractivity contribution in [2.75, 3.05) is 13.1 Å². The first-order valence-electron chi connectivity index (χ1n) is 5.95. The molecular weight excluding hydrogens is 280 g/mol. The lowest BCUT2D eigenvalue weighted by Gasteiger charge is -2.23. The highest BCUT2D eigenvalue weighted by Crippen LogP contribution is 2.23. The van der Waals surface area contributed by atoms with Crippen LogP contribution in [0.1, 0.15) is 18.9 Å². The first kappa shape index (κ1) is 16.4. The molecule has 0 amide bonds. The number of alkyl halides is 3. The van der Waals surface area contributed by atoms with E-state index in [-0.39, 0.29) is 18.7 Å². The van der Waals surface area contributed by atoms with Gasteiger partial charge >= 0.3 is 11.9 Å². The fraction of sp³-hybridized carbons (Fsp3) is 0.500. The van der Waals surface area contributed by atoms with Gasteiger partial charge in [-0.05, 0) is 13.0 Å². The number of rotatable bonds is 6.